The quantitative estimate of drug-likeness (QED) is 0.333. The summed E-state index contributed by atoms with van der Waals surface area (Å²) >= 11 is 0. The highest BCUT2D eigenvalue weighted by atomic mass is 19.3. The van der Waals surface area contributed by atoms with Gasteiger partial charge in [0.1, 0.15) is 11.5 Å². The predicted molar refractivity (Wildman–Crippen MR) is 133 cm³/mol. The zero-order valence-electron chi connectivity index (χ0n) is 20.7. The Balaban J connectivity index is 1.44. The summed E-state index contributed by atoms with van der Waals surface area (Å²) in [6, 6.07) is 5.71. The highest BCUT2D eigenvalue weighted by Crippen LogP contribution is 2.37. The Kier molecular flexibility index (Phi) is 6.01. The van der Waals surface area contributed by atoms with Gasteiger partial charge in [0, 0.05) is 29.8 Å². The Labute approximate surface area is 206 Å². The Morgan fingerprint density at radius 2 is 2.08 bits per heavy atom. The van der Waals surface area contributed by atoms with Gasteiger partial charge in [-0.05, 0) is 44.4 Å². The van der Waals surface area contributed by atoms with Crippen LogP contribution in [0.4, 0.5) is 14.7 Å². The number of aromatic nitrogens is 5. The van der Waals surface area contributed by atoms with Gasteiger partial charge in [0.2, 0.25) is 17.7 Å². The number of methoxy groups -OCH3 is 1. The third-order valence-electron chi connectivity index (χ3n) is 6.75. The number of fused-ring (bicyclic) bond motifs is 2. The molecule has 1 aromatic carbocycles. The molecule has 1 saturated carbocycles. The monoisotopic (exact) mass is 497 g/mol. The van der Waals surface area contributed by atoms with E-state index in [0.29, 0.717) is 46.1 Å². The average molecular weight is 498 g/mol. The number of carbonyl (C=O) groups excluding carboxylic acids is 1. The lowest BCUT2D eigenvalue weighted by Gasteiger charge is -2.45. The third-order valence-corrected chi connectivity index (χ3v) is 6.75. The van der Waals surface area contributed by atoms with Gasteiger partial charge in [0.05, 0.1) is 30.1 Å². The summed E-state index contributed by atoms with van der Waals surface area (Å²) in [6.07, 6.45) is 1.33. The summed E-state index contributed by atoms with van der Waals surface area (Å²) in [5, 5.41) is 7.10. The maximum absolute atomic E-state index is 13.1. The molecule has 1 fully saturated rings. The van der Waals surface area contributed by atoms with Crippen molar-refractivity contribution >= 4 is 33.9 Å². The summed E-state index contributed by atoms with van der Waals surface area (Å²) in [6.45, 7) is 5.18. The Hall–Kier alpha value is -3.76. The molecule has 0 unspecified atom stereocenters. The first kappa shape index (κ1) is 24.0. The van der Waals surface area contributed by atoms with Crippen LogP contribution in [0.5, 0.6) is 5.88 Å². The van der Waals surface area contributed by atoms with E-state index in [4.69, 9.17) is 4.74 Å². The molecule has 3 heterocycles. The zero-order chi connectivity index (χ0) is 25.6. The van der Waals surface area contributed by atoms with Crippen LogP contribution >= 0.6 is 0 Å². The van der Waals surface area contributed by atoms with Gasteiger partial charge in [-0.2, -0.15) is 9.97 Å². The number of rotatable bonds is 8. The minimum Gasteiger partial charge on any atom is -0.480 e. The van der Waals surface area contributed by atoms with Crippen LogP contribution < -0.4 is 15.4 Å². The molecule has 3 aromatic heterocycles. The van der Waals surface area contributed by atoms with Crippen molar-refractivity contribution in [3.8, 4) is 17.0 Å². The normalized spacial score (nSPS) is 19.6. The van der Waals surface area contributed by atoms with Crippen molar-refractivity contribution in [2.45, 2.75) is 64.6 Å². The summed E-state index contributed by atoms with van der Waals surface area (Å²) in [4.78, 5) is 28.6. The van der Waals surface area contributed by atoms with Crippen LogP contribution in [0.1, 0.15) is 38.9 Å². The zero-order valence-corrected chi connectivity index (χ0v) is 20.7. The van der Waals surface area contributed by atoms with Gasteiger partial charge in [0.25, 0.3) is 6.43 Å². The largest absolute Gasteiger partial charge is 0.480 e. The molecule has 0 atom stereocenters. The van der Waals surface area contributed by atoms with Gasteiger partial charge in [-0.1, -0.05) is 13.0 Å². The minimum absolute atomic E-state index is 0.0415. The van der Waals surface area contributed by atoms with Gasteiger partial charge in [0.15, 0.2) is 0 Å². The number of hydrogen-bond acceptors (Lipinski definition) is 6. The number of halogens is 2. The number of aryl methyl sites for hydroxylation is 1. The number of amides is 1. The molecule has 3 N–H and O–H groups in total. The van der Waals surface area contributed by atoms with Crippen molar-refractivity contribution in [3.05, 3.63) is 30.2 Å². The number of hydrogen-bond donors (Lipinski definition) is 3. The lowest BCUT2D eigenvalue weighted by molar-refractivity contribution is -0.123. The Morgan fingerprint density at radius 1 is 1.31 bits per heavy atom. The molecule has 0 bridgehead atoms. The molecular weight excluding hydrogens is 468 g/mol. The SMILES string of the molecule is CCC(=O)N[C@]1(C)C[C@H](Nc2nc(OC)c3c(-c4ccc5nc(C)n(CC(F)F)c5c4)c[nH]c3n2)C1. The van der Waals surface area contributed by atoms with Crippen LogP contribution in [-0.4, -0.2) is 55.5 Å². The molecule has 5 rings (SSSR count). The van der Waals surface area contributed by atoms with E-state index in [1.807, 2.05) is 38.2 Å². The van der Waals surface area contributed by atoms with Crippen LogP contribution in [0.3, 0.4) is 0 Å². The van der Waals surface area contributed by atoms with Crippen LogP contribution in [0.15, 0.2) is 24.4 Å². The van der Waals surface area contributed by atoms with Crippen LogP contribution in [0.2, 0.25) is 0 Å². The lowest BCUT2D eigenvalue weighted by Crippen LogP contribution is -2.59. The van der Waals surface area contributed by atoms with Crippen LogP contribution in [0, 0.1) is 6.92 Å². The summed E-state index contributed by atoms with van der Waals surface area (Å²) in [5.41, 5.74) is 3.28. The lowest BCUT2D eigenvalue weighted by atomic mass is 9.74. The number of nitrogens with one attached hydrogen (secondary N) is 3. The topological polar surface area (TPSA) is 110 Å². The van der Waals surface area contributed by atoms with Gasteiger partial charge in [-0.15, -0.1) is 0 Å². The fourth-order valence-electron chi connectivity index (χ4n) is 5.06. The molecule has 11 heteroatoms. The average Bonchev–Trinajstić information content (AvgIpc) is 3.37. The van der Waals surface area contributed by atoms with Crippen LogP contribution in [0.25, 0.3) is 33.2 Å². The molecule has 0 radical (unpaired) electrons. The van der Waals surface area contributed by atoms with Crippen molar-refractivity contribution in [3.63, 3.8) is 0 Å². The number of anilines is 1. The summed E-state index contributed by atoms with van der Waals surface area (Å²) in [5.74, 6) is 1.42. The number of ether oxygens (including phenoxy) is 1. The predicted octanol–water partition coefficient (Wildman–Crippen LogP) is 4.42. The third kappa shape index (κ3) is 4.33. The van der Waals surface area contributed by atoms with E-state index in [2.05, 4.69) is 30.6 Å². The minimum atomic E-state index is -2.48. The number of carbonyl (C=O) groups is 1. The molecule has 1 aliphatic carbocycles. The first-order valence-corrected chi connectivity index (χ1v) is 12.0. The molecule has 0 aliphatic heterocycles. The Morgan fingerprint density at radius 3 is 2.78 bits per heavy atom. The molecule has 1 aliphatic rings. The maximum Gasteiger partial charge on any atom is 0.256 e. The fourth-order valence-corrected chi connectivity index (χ4v) is 5.06. The number of benzene rings is 1. The van der Waals surface area contributed by atoms with E-state index in [0.717, 1.165) is 24.0 Å². The van der Waals surface area contributed by atoms with E-state index in [1.165, 1.54) is 4.57 Å². The van der Waals surface area contributed by atoms with Gasteiger partial charge >= 0.3 is 0 Å². The van der Waals surface area contributed by atoms with E-state index in [9.17, 15) is 13.6 Å². The number of aromatic amines is 1. The van der Waals surface area contributed by atoms with E-state index in [1.54, 1.807) is 14.0 Å². The number of H-pyrrole nitrogens is 1. The van der Waals surface area contributed by atoms with Gasteiger partial charge < -0.3 is 24.9 Å². The highest BCUT2D eigenvalue weighted by molar-refractivity contribution is 5.99. The van der Waals surface area contributed by atoms with Gasteiger partial charge in [-0.25, -0.2) is 13.8 Å². The second-order valence-electron chi connectivity index (χ2n) is 9.56. The molecule has 9 nitrogen and oxygen atoms in total. The van der Waals surface area contributed by atoms with E-state index in [-0.39, 0.29) is 17.5 Å². The second kappa shape index (κ2) is 9.03. The number of alkyl halides is 2. The number of nitrogens with zero attached hydrogens (tertiary/aromatic N) is 4. The standard InChI is InChI=1S/C25H29F2N7O2/c1-5-20(35)33-25(3)9-15(10-25)30-24-31-22-21(23(32-24)36-4)16(11-28-22)14-6-7-17-18(8-14)34(12-19(26)27)13(2)29-17/h6-8,11,15,19H,5,9-10,12H2,1-4H3,(H,33,35)(H2,28,30,31,32)/t15-,25+. The molecule has 190 valence electrons. The fraction of sp³-hybridized carbons (Fsp3) is 0.440. The molecule has 4 aromatic rings. The summed E-state index contributed by atoms with van der Waals surface area (Å²) in [7, 11) is 1.55. The van der Waals surface area contributed by atoms with E-state index < -0.39 is 13.0 Å². The van der Waals surface area contributed by atoms with E-state index >= 15 is 0 Å². The molecule has 1 amide bonds. The van der Waals surface area contributed by atoms with Crippen molar-refractivity contribution in [1.29, 1.82) is 0 Å². The highest BCUT2D eigenvalue weighted by Gasteiger charge is 2.41. The summed E-state index contributed by atoms with van der Waals surface area (Å²) < 4.78 is 33.4. The van der Waals surface area contributed by atoms with Crippen molar-refractivity contribution in [1.82, 2.24) is 29.8 Å². The molecule has 36 heavy (non-hydrogen) atoms. The van der Waals surface area contributed by atoms with Crippen LogP contribution in [-0.2, 0) is 11.3 Å². The Bertz CT molecular complexity index is 1440. The molecule has 0 saturated heterocycles. The number of imidazole rings is 1. The first-order chi connectivity index (χ1) is 17.2. The molecular formula is C25H29F2N7O2. The first-order valence-electron chi connectivity index (χ1n) is 12.0. The van der Waals surface area contributed by atoms with Gasteiger partial charge in [-0.3, -0.25) is 4.79 Å². The van der Waals surface area contributed by atoms with Crippen molar-refractivity contribution < 1.29 is 18.3 Å². The molecule has 0 spiro atoms. The smallest absolute Gasteiger partial charge is 0.256 e. The maximum atomic E-state index is 13.1. The van der Waals surface area contributed by atoms with Crippen molar-refractivity contribution in [2.75, 3.05) is 12.4 Å². The van der Waals surface area contributed by atoms with Crippen molar-refractivity contribution in [2.24, 2.45) is 0 Å². The second-order valence-corrected chi connectivity index (χ2v) is 9.56.